The molecule has 0 radical (unpaired) electrons. The summed E-state index contributed by atoms with van der Waals surface area (Å²) in [4.78, 5) is 63.2. The number of carbonyl (C=O) groups is 1. The number of anilines is 1. The lowest BCUT2D eigenvalue weighted by Gasteiger charge is -2.36. The maximum atomic E-state index is 13.3. The highest BCUT2D eigenvalue weighted by molar-refractivity contribution is 9.10. The molecule has 0 unspecified atom stereocenters. The van der Waals surface area contributed by atoms with Gasteiger partial charge in [0.15, 0.2) is 0 Å². The fourth-order valence-corrected chi connectivity index (χ4v) is 13.0. The number of urea groups is 1. The van der Waals surface area contributed by atoms with Crippen molar-refractivity contribution in [3.8, 4) is 28.4 Å². The Kier molecular flexibility index (Phi) is 20.4. The van der Waals surface area contributed by atoms with E-state index in [-0.39, 0.29) is 65.6 Å². The van der Waals surface area contributed by atoms with Gasteiger partial charge in [-0.25, -0.2) is 14.8 Å². The molecular weight excluding hydrogens is 1480 g/mol. The number of fused-ring (bicyclic) bond motifs is 4. The fraction of sp³-hybridized carbons (Fsp3) is 0.262. The molecule has 508 valence electrons. The molecule has 0 saturated carbocycles. The molecule has 6 aromatic carbocycles. The highest BCUT2D eigenvalue weighted by Gasteiger charge is 2.36. The number of amides is 2. The van der Waals surface area contributed by atoms with Gasteiger partial charge in [0.2, 0.25) is 5.95 Å². The van der Waals surface area contributed by atoms with Crippen LogP contribution in [0.25, 0.3) is 43.8 Å². The van der Waals surface area contributed by atoms with Crippen molar-refractivity contribution in [2.75, 3.05) is 31.1 Å². The molecule has 24 nitrogen and oxygen atoms in total. The number of nitrogens with zero attached hydrogens (tertiary/aromatic N) is 16. The topological polar surface area (TPSA) is 231 Å². The molecule has 0 aliphatic carbocycles. The first kappa shape index (κ1) is 67.9. The first-order chi connectivity index (χ1) is 47.2. The number of rotatable bonds is 19. The zero-order valence-electron chi connectivity index (χ0n) is 52.2. The van der Waals surface area contributed by atoms with Crippen molar-refractivity contribution in [2.24, 2.45) is 21.1 Å². The highest BCUT2D eigenvalue weighted by Crippen LogP contribution is 2.32. The molecule has 8 heterocycles. The predicted octanol–water partition coefficient (Wildman–Crippen LogP) is 10.3. The van der Waals surface area contributed by atoms with Crippen LogP contribution in [-0.2, 0) is 59.2 Å². The SMILES string of the molecule is Cn1c(=O)c2ccc(-c3cnc(N4CCN5C(=O)NC[C@H]5C4)nc3)cc2n1Cc1cc(Cn2cnnc2)ccc1OC(F)F.Cn1c(=O)c2ccc(Br)cc2n1Cc1cc(CBr)ccc1OC(F)F.Cn1c(=O)c2ccc(Br)cc2n1Cc1cc(Cn2cnnc2)ccc1OC(F)F. The zero-order valence-corrected chi connectivity index (χ0v) is 56.9. The molecule has 2 aliphatic rings. The van der Waals surface area contributed by atoms with Gasteiger partial charge in [-0.1, -0.05) is 72.1 Å². The second-order valence-electron chi connectivity index (χ2n) is 22.8. The third kappa shape index (κ3) is 14.9. The molecule has 1 atom stereocenters. The largest absolute Gasteiger partial charge is 0.434 e. The van der Waals surface area contributed by atoms with Gasteiger partial charge in [0.1, 0.15) is 42.6 Å². The van der Waals surface area contributed by atoms with Crippen LogP contribution in [0.5, 0.6) is 17.2 Å². The summed E-state index contributed by atoms with van der Waals surface area (Å²) in [7, 11) is 4.94. The number of alkyl halides is 7. The minimum atomic E-state index is -3.00. The van der Waals surface area contributed by atoms with Crippen LogP contribution in [-0.4, -0.2) is 131 Å². The Balaban J connectivity index is 0.000000148. The van der Waals surface area contributed by atoms with Gasteiger partial charge in [-0.3, -0.25) is 42.5 Å². The van der Waals surface area contributed by atoms with Crippen molar-refractivity contribution in [2.45, 2.75) is 63.9 Å². The van der Waals surface area contributed by atoms with Gasteiger partial charge in [-0.2, -0.15) is 26.3 Å². The van der Waals surface area contributed by atoms with E-state index in [9.17, 15) is 45.5 Å². The summed E-state index contributed by atoms with van der Waals surface area (Å²) in [6.45, 7) is -4.91. The van der Waals surface area contributed by atoms with E-state index in [4.69, 9.17) is 9.47 Å². The van der Waals surface area contributed by atoms with E-state index in [2.05, 4.69) is 93.1 Å². The lowest BCUT2D eigenvalue weighted by molar-refractivity contribution is -0.0511. The summed E-state index contributed by atoms with van der Waals surface area (Å²) in [6.07, 6.45) is 9.76. The van der Waals surface area contributed by atoms with Crippen molar-refractivity contribution in [1.82, 2.24) is 77.8 Å². The maximum Gasteiger partial charge on any atom is 0.387 e. The van der Waals surface area contributed by atoms with Crippen molar-refractivity contribution in [1.29, 1.82) is 0 Å². The Bertz CT molecular complexity index is 5060. The van der Waals surface area contributed by atoms with Crippen LogP contribution >= 0.6 is 47.8 Å². The first-order valence-electron chi connectivity index (χ1n) is 30.1. The number of halogens is 9. The number of carbonyl (C=O) groups excluding carboxylic acids is 1. The summed E-state index contributed by atoms with van der Waals surface area (Å²) in [6, 6.07) is 31.3. The van der Waals surface area contributed by atoms with E-state index in [1.54, 1.807) is 149 Å². The van der Waals surface area contributed by atoms with E-state index in [0.29, 0.717) is 99.9 Å². The summed E-state index contributed by atoms with van der Waals surface area (Å²) < 4.78 is 107. The molecule has 0 spiro atoms. The molecule has 14 rings (SSSR count). The smallest absolute Gasteiger partial charge is 0.387 e. The third-order valence-corrected chi connectivity index (χ3v) is 18.3. The Morgan fingerprint density at radius 2 is 0.908 bits per heavy atom. The number of hydrogen-bond acceptors (Lipinski definition) is 14. The van der Waals surface area contributed by atoms with E-state index >= 15 is 0 Å². The number of aromatic nitrogens is 14. The second-order valence-corrected chi connectivity index (χ2v) is 25.2. The quantitative estimate of drug-likeness (QED) is 0.0586. The minimum absolute atomic E-state index is 0.0283. The fourth-order valence-electron chi connectivity index (χ4n) is 11.9. The second kappa shape index (κ2) is 29.4. The van der Waals surface area contributed by atoms with E-state index in [1.165, 1.54) is 32.2 Å². The van der Waals surface area contributed by atoms with Gasteiger partial charge in [0.25, 0.3) is 16.7 Å². The maximum absolute atomic E-state index is 13.3. The van der Waals surface area contributed by atoms with Crippen LogP contribution in [0.3, 0.4) is 0 Å². The first-order valence-corrected chi connectivity index (χ1v) is 32.8. The molecule has 2 aliphatic heterocycles. The summed E-state index contributed by atoms with van der Waals surface area (Å²) in [5.74, 6) is 0.782. The van der Waals surface area contributed by atoms with Crippen molar-refractivity contribution >= 4 is 92.5 Å². The van der Waals surface area contributed by atoms with E-state index in [1.807, 2.05) is 29.2 Å². The summed E-state index contributed by atoms with van der Waals surface area (Å²) in [5, 5.41) is 20.2. The molecule has 12 aromatic rings. The molecule has 98 heavy (non-hydrogen) atoms. The van der Waals surface area contributed by atoms with Gasteiger partial charge >= 0.3 is 25.9 Å². The number of ether oxygens (including phenoxy) is 3. The molecular formula is C65H58Br3F6N17O7. The normalized spacial score (nSPS) is 13.7. The number of benzene rings is 6. The van der Waals surface area contributed by atoms with Crippen molar-refractivity contribution in [3.63, 3.8) is 0 Å². The molecule has 2 saturated heterocycles. The molecule has 2 amide bonds. The number of piperazine rings is 1. The van der Waals surface area contributed by atoms with Crippen LogP contribution in [0.15, 0.2) is 170 Å². The molecule has 0 bridgehead atoms. The molecule has 2 fully saturated rings. The lowest BCUT2D eigenvalue weighted by Crippen LogP contribution is -2.52. The Labute approximate surface area is 577 Å². The van der Waals surface area contributed by atoms with Crippen molar-refractivity contribution in [3.05, 3.63) is 220 Å². The van der Waals surface area contributed by atoms with Gasteiger partial charge < -0.3 is 38.5 Å². The standard InChI is InChI=1S/C29H28F2N10O3.C19H16BrF2N5O2.C17H14Br2F2N2O2/c1-37-26(42)23-4-3-19(21-10-32-28(33-11-21)39-6-7-40-22(15-39)12-34-29(40)43)9-24(23)41(37)14-20-8-18(13-38-16-35-36-17-38)2-5-25(20)44-27(30)31;1-25-18(28)15-4-3-14(20)7-16(15)27(25)9-13-6-12(8-26-10-23-24-11-26)2-5-17(13)29-19(21)22;1-22-16(24)13-4-3-12(19)7-14(13)23(22)9-11-6-10(8-18)2-5-15(11)25-17(20)21/h2-5,8-11,16-17,22,27H,6-7,12-15H2,1H3,(H,34,43);2-7,10-11,19H,8-9H2,1H3;2-7,17H,8-9H2,1H3/t22-;;/m0../s1. The average molecular weight is 1540 g/mol. The molecule has 1 N–H and O–H groups in total. The van der Waals surface area contributed by atoms with E-state index < -0.39 is 19.8 Å². The average Bonchev–Trinajstić information content (AvgIpc) is 1.69. The van der Waals surface area contributed by atoms with Crippen LogP contribution < -0.4 is 41.1 Å². The Hall–Kier alpha value is -10.0. The zero-order chi connectivity index (χ0) is 69.1. The lowest BCUT2D eigenvalue weighted by atomic mass is 10.1. The monoisotopic (exact) mass is 1540 g/mol. The van der Waals surface area contributed by atoms with Crippen molar-refractivity contribution < 1.29 is 45.3 Å². The van der Waals surface area contributed by atoms with Crippen LogP contribution in [0.4, 0.5) is 37.1 Å². The van der Waals surface area contributed by atoms with Gasteiger partial charge in [-0.05, 0) is 107 Å². The Morgan fingerprint density at radius 1 is 0.500 bits per heavy atom. The summed E-state index contributed by atoms with van der Waals surface area (Å²) in [5.41, 5.74) is 7.29. The van der Waals surface area contributed by atoms with Crippen LogP contribution in [0, 0.1) is 0 Å². The molecule has 33 heteroatoms. The van der Waals surface area contributed by atoms with Crippen LogP contribution in [0.2, 0.25) is 0 Å². The van der Waals surface area contributed by atoms with Gasteiger partial charge in [0.05, 0.1) is 71.5 Å². The predicted molar refractivity (Wildman–Crippen MR) is 361 cm³/mol. The number of nitrogens with one attached hydrogen (secondary N) is 1. The molecule has 6 aromatic heterocycles. The third-order valence-electron chi connectivity index (χ3n) is 16.7. The minimum Gasteiger partial charge on any atom is -0.434 e. The Morgan fingerprint density at radius 3 is 1.34 bits per heavy atom. The van der Waals surface area contributed by atoms with Crippen LogP contribution in [0.1, 0.15) is 33.4 Å². The highest BCUT2D eigenvalue weighted by atomic mass is 79.9. The number of hydrogen-bond donors (Lipinski definition) is 1. The van der Waals surface area contributed by atoms with E-state index in [0.717, 1.165) is 36.8 Å². The van der Waals surface area contributed by atoms with Gasteiger partial charge in [-0.15, -0.1) is 20.4 Å². The summed E-state index contributed by atoms with van der Waals surface area (Å²) >= 11 is 10.2. The van der Waals surface area contributed by atoms with Gasteiger partial charge in [0, 0.05) is 96.2 Å².